The molecular formula is C23H23FN4O4S. The summed E-state index contributed by atoms with van der Waals surface area (Å²) in [6.07, 6.45) is 6.79. The van der Waals surface area contributed by atoms with Gasteiger partial charge in [-0.15, -0.1) is 0 Å². The van der Waals surface area contributed by atoms with Crippen molar-refractivity contribution in [1.29, 1.82) is 0 Å². The van der Waals surface area contributed by atoms with Gasteiger partial charge in [0.1, 0.15) is 11.5 Å². The zero-order valence-electron chi connectivity index (χ0n) is 17.9. The molecule has 0 radical (unpaired) electrons. The van der Waals surface area contributed by atoms with Crippen LogP contribution >= 0.6 is 0 Å². The summed E-state index contributed by atoms with van der Waals surface area (Å²) in [7, 11) is -3.91. The Balaban J connectivity index is 1.47. The molecular weight excluding hydrogens is 447 g/mol. The molecule has 172 valence electrons. The van der Waals surface area contributed by atoms with Crippen LogP contribution in [0, 0.1) is 18.7 Å². The average Bonchev–Trinajstić information content (AvgIpc) is 3.20. The van der Waals surface area contributed by atoms with Gasteiger partial charge in [-0.05, 0) is 50.1 Å². The third-order valence-electron chi connectivity index (χ3n) is 5.50. The molecule has 2 aromatic heterocycles. The molecule has 10 heteroatoms. The predicted octanol–water partition coefficient (Wildman–Crippen LogP) is 3.73. The van der Waals surface area contributed by atoms with E-state index in [-0.39, 0.29) is 41.3 Å². The minimum Gasteiger partial charge on any atom is -0.355 e. The molecule has 1 aliphatic heterocycles. The number of hydrogen-bond acceptors (Lipinski definition) is 6. The normalized spacial score (nSPS) is 15.7. The molecule has 0 aliphatic carbocycles. The van der Waals surface area contributed by atoms with Crippen LogP contribution in [0.4, 0.5) is 10.1 Å². The highest BCUT2D eigenvalue weighted by Gasteiger charge is 2.36. The standard InChI is InChI=1S/C23H23FN4O4S/c1-16-22(21(32-27-16)9-8-17-5-2-3-7-20(17)24)33(30,31)28-13-10-18(11-14-28)23(29)26-19-6-4-12-25-15-19/h2-9,12,15,18H,10-11,13-14H2,1H3,(H,26,29). The number of pyridine rings is 1. The Morgan fingerprint density at radius 3 is 2.64 bits per heavy atom. The van der Waals surface area contributed by atoms with Crippen LogP contribution in [-0.2, 0) is 14.8 Å². The number of hydrogen-bond donors (Lipinski definition) is 1. The summed E-state index contributed by atoms with van der Waals surface area (Å²) in [5.41, 5.74) is 1.12. The second-order valence-corrected chi connectivity index (χ2v) is 9.60. The van der Waals surface area contributed by atoms with E-state index in [0.717, 1.165) is 0 Å². The van der Waals surface area contributed by atoms with Crippen molar-refractivity contribution < 1.29 is 22.1 Å². The Kier molecular flexibility index (Phi) is 6.66. The van der Waals surface area contributed by atoms with Crippen LogP contribution in [0.1, 0.15) is 29.9 Å². The van der Waals surface area contributed by atoms with Crippen molar-refractivity contribution in [3.8, 4) is 0 Å². The number of sulfonamides is 1. The van der Waals surface area contributed by atoms with Crippen LogP contribution in [0.5, 0.6) is 0 Å². The highest BCUT2D eigenvalue weighted by molar-refractivity contribution is 7.89. The van der Waals surface area contributed by atoms with E-state index in [1.165, 1.54) is 22.5 Å². The Labute approximate surface area is 191 Å². The summed E-state index contributed by atoms with van der Waals surface area (Å²) >= 11 is 0. The lowest BCUT2D eigenvalue weighted by Crippen LogP contribution is -2.41. The summed E-state index contributed by atoms with van der Waals surface area (Å²) in [5, 5.41) is 6.62. The van der Waals surface area contributed by atoms with E-state index < -0.39 is 15.8 Å². The van der Waals surface area contributed by atoms with Crippen molar-refractivity contribution in [1.82, 2.24) is 14.4 Å². The van der Waals surface area contributed by atoms with Gasteiger partial charge >= 0.3 is 0 Å². The highest BCUT2D eigenvalue weighted by atomic mass is 32.2. The Morgan fingerprint density at radius 2 is 1.94 bits per heavy atom. The van der Waals surface area contributed by atoms with Gasteiger partial charge in [-0.2, -0.15) is 4.31 Å². The van der Waals surface area contributed by atoms with Crippen LogP contribution in [-0.4, -0.2) is 41.9 Å². The number of rotatable bonds is 6. The van der Waals surface area contributed by atoms with Crippen LogP contribution in [0.3, 0.4) is 0 Å². The summed E-state index contributed by atoms with van der Waals surface area (Å²) in [5.74, 6) is -0.858. The Morgan fingerprint density at radius 1 is 1.18 bits per heavy atom. The third-order valence-corrected chi connectivity index (χ3v) is 7.56. The van der Waals surface area contributed by atoms with Crippen molar-refractivity contribution >= 4 is 33.8 Å². The lowest BCUT2D eigenvalue weighted by atomic mass is 9.97. The number of nitrogens with one attached hydrogen (secondary N) is 1. The lowest BCUT2D eigenvalue weighted by Gasteiger charge is -2.30. The van der Waals surface area contributed by atoms with Gasteiger partial charge in [0.2, 0.25) is 15.9 Å². The van der Waals surface area contributed by atoms with E-state index >= 15 is 0 Å². The van der Waals surface area contributed by atoms with E-state index in [1.807, 2.05) is 0 Å². The topological polar surface area (TPSA) is 105 Å². The van der Waals surface area contributed by atoms with E-state index in [1.54, 1.807) is 49.6 Å². The van der Waals surface area contributed by atoms with Crippen molar-refractivity contribution in [3.05, 3.63) is 71.6 Å². The molecule has 0 bridgehead atoms. The number of carbonyl (C=O) groups is 1. The quantitative estimate of drug-likeness (QED) is 0.589. The second kappa shape index (κ2) is 9.63. The van der Waals surface area contributed by atoms with Gasteiger partial charge in [-0.3, -0.25) is 9.78 Å². The molecule has 33 heavy (non-hydrogen) atoms. The third kappa shape index (κ3) is 5.01. The van der Waals surface area contributed by atoms with Gasteiger partial charge in [0.05, 0.1) is 11.9 Å². The number of anilines is 1. The number of amides is 1. The first-order valence-corrected chi connectivity index (χ1v) is 11.9. The smallest absolute Gasteiger partial charge is 0.248 e. The molecule has 1 N–H and O–H groups in total. The van der Waals surface area contributed by atoms with E-state index in [4.69, 9.17) is 4.52 Å². The second-order valence-electron chi connectivity index (χ2n) is 7.73. The number of piperidine rings is 1. The van der Waals surface area contributed by atoms with Crippen molar-refractivity contribution in [2.24, 2.45) is 5.92 Å². The molecule has 0 saturated carbocycles. The van der Waals surface area contributed by atoms with Gasteiger partial charge in [0, 0.05) is 30.8 Å². The zero-order chi connectivity index (χ0) is 23.4. The van der Waals surface area contributed by atoms with Crippen LogP contribution < -0.4 is 5.32 Å². The predicted molar refractivity (Wildman–Crippen MR) is 121 cm³/mol. The highest BCUT2D eigenvalue weighted by Crippen LogP contribution is 2.29. The largest absolute Gasteiger partial charge is 0.355 e. The minimum atomic E-state index is -3.91. The number of nitrogens with zero attached hydrogens (tertiary/aromatic N) is 3. The Bertz CT molecular complexity index is 1270. The summed E-state index contributed by atoms with van der Waals surface area (Å²) in [6.45, 7) is 1.92. The zero-order valence-corrected chi connectivity index (χ0v) is 18.8. The van der Waals surface area contributed by atoms with Crippen molar-refractivity contribution in [2.75, 3.05) is 18.4 Å². The molecule has 1 aromatic carbocycles. The Hall–Kier alpha value is -3.37. The maximum atomic E-state index is 13.9. The average molecular weight is 471 g/mol. The molecule has 1 fully saturated rings. The van der Waals surface area contributed by atoms with E-state index in [9.17, 15) is 17.6 Å². The molecule has 1 saturated heterocycles. The van der Waals surface area contributed by atoms with Gasteiger partial charge in [-0.1, -0.05) is 23.4 Å². The monoisotopic (exact) mass is 470 g/mol. The molecule has 0 unspecified atom stereocenters. The van der Waals surface area contributed by atoms with Gasteiger partial charge < -0.3 is 9.84 Å². The molecule has 1 amide bonds. The first-order valence-electron chi connectivity index (χ1n) is 10.5. The molecule has 1 aliphatic rings. The van der Waals surface area contributed by atoms with E-state index in [2.05, 4.69) is 15.5 Å². The van der Waals surface area contributed by atoms with Gasteiger partial charge in [-0.25, -0.2) is 12.8 Å². The number of aryl methyl sites for hydroxylation is 1. The van der Waals surface area contributed by atoms with Crippen LogP contribution in [0.15, 0.2) is 58.2 Å². The van der Waals surface area contributed by atoms with Crippen LogP contribution in [0.25, 0.3) is 12.2 Å². The lowest BCUT2D eigenvalue weighted by molar-refractivity contribution is -0.120. The minimum absolute atomic E-state index is 0.0344. The number of halogens is 1. The molecule has 3 heterocycles. The van der Waals surface area contributed by atoms with Gasteiger partial charge in [0.25, 0.3) is 0 Å². The first kappa shape index (κ1) is 22.8. The summed E-state index contributed by atoms with van der Waals surface area (Å²) < 4.78 is 47.2. The summed E-state index contributed by atoms with van der Waals surface area (Å²) in [4.78, 5) is 16.5. The summed E-state index contributed by atoms with van der Waals surface area (Å²) in [6, 6.07) is 9.62. The molecule has 0 spiro atoms. The molecule has 3 aromatic rings. The fourth-order valence-electron chi connectivity index (χ4n) is 3.74. The first-order chi connectivity index (χ1) is 15.9. The molecule has 4 rings (SSSR count). The number of carbonyl (C=O) groups excluding carboxylic acids is 1. The molecule has 8 nitrogen and oxygen atoms in total. The SMILES string of the molecule is Cc1noc(C=Cc2ccccc2F)c1S(=O)(=O)N1CCC(C(=O)Nc2cccnc2)CC1. The van der Waals surface area contributed by atoms with Crippen molar-refractivity contribution in [2.45, 2.75) is 24.7 Å². The fraction of sp³-hybridized carbons (Fsp3) is 0.261. The van der Waals surface area contributed by atoms with Gasteiger partial charge in [0.15, 0.2) is 10.7 Å². The molecule has 0 atom stereocenters. The maximum absolute atomic E-state index is 13.9. The number of aromatic nitrogens is 2. The van der Waals surface area contributed by atoms with E-state index in [0.29, 0.717) is 24.1 Å². The number of benzene rings is 1. The van der Waals surface area contributed by atoms with Crippen LogP contribution in [0.2, 0.25) is 0 Å². The fourth-order valence-corrected chi connectivity index (χ4v) is 5.46. The van der Waals surface area contributed by atoms with Crippen molar-refractivity contribution in [3.63, 3.8) is 0 Å². The maximum Gasteiger partial charge on any atom is 0.248 e.